The van der Waals surface area contributed by atoms with E-state index in [1.54, 1.807) is 0 Å². The van der Waals surface area contributed by atoms with Crippen LogP contribution in [0.5, 0.6) is 0 Å². The smallest absolute Gasteiger partial charge is 0.321 e. The van der Waals surface area contributed by atoms with Gasteiger partial charge in [-0.15, -0.1) is 0 Å². The van der Waals surface area contributed by atoms with E-state index in [-0.39, 0.29) is 12.0 Å². The van der Waals surface area contributed by atoms with E-state index in [0.717, 1.165) is 25.9 Å². The molecule has 1 rings (SSSR count). The zero-order chi connectivity index (χ0) is 11.3. The molecule has 0 aromatic rings. The Morgan fingerprint density at radius 2 is 1.87 bits per heavy atom. The summed E-state index contributed by atoms with van der Waals surface area (Å²) in [7, 11) is 0. The zero-order valence-electron chi connectivity index (χ0n) is 9.61. The minimum atomic E-state index is -0.689. The van der Waals surface area contributed by atoms with Gasteiger partial charge < -0.3 is 9.84 Å². The Labute approximate surface area is 91.2 Å². The van der Waals surface area contributed by atoms with Crippen molar-refractivity contribution in [3.8, 4) is 0 Å². The van der Waals surface area contributed by atoms with E-state index in [1.807, 2.05) is 4.90 Å². The van der Waals surface area contributed by atoms with Crippen molar-refractivity contribution in [2.24, 2.45) is 5.92 Å². The van der Waals surface area contributed by atoms with Gasteiger partial charge in [-0.05, 0) is 5.92 Å². The topological polar surface area (TPSA) is 49.8 Å². The Balaban J connectivity index is 2.66. The largest absolute Gasteiger partial charge is 0.480 e. The number of carbonyl (C=O) groups is 1. The molecule has 88 valence electrons. The van der Waals surface area contributed by atoms with Crippen LogP contribution in [0.4, 0.5) is 0 Å². The summed E-state index contributed by atoms with van der Waals surface area (Å²) in [6.07, 6.45) is 1.84. The van der Waals surface area contributed by atoms with Crippen LogP contribution in [0.2, 0.25) is 0 Å². The summed E-state index contributed by atoms with van der Waals surface area (Å²) in [5, 5.41) is 9.28. The summed E-state index contributed by atoms with van der Waals surface area (Å²) in [5.74, 6) is -0.439. The SMILES string of the molecule is CCC(CC)[C@@H](C(=O)O)N1CCOCC1. The standard InChI is InChI=1S/C11H21NO3/c1-3-9(4-2)10(11(13)14)12-5-7-15-8-6-12/h9-10H,3-8H2,1-2H3,(H,13,14)/t10-/m0/s1. The number of hydrogen-bond donors (Lipinski definition) is 1. The van der Waals surface area contributed by atoms with Gasteiger partial charge in [-0.2, -0.15) is 0 Å². The van der Waals surface area contributed by atoms with Crippen molar-refractivity contribution in [1.29, 1.82) is 0 Å². The van der Waals surface area contributed by atoms with Crippen LogP contribution in [0.25, 0.3) is 0 Å². The number of carboxylic acids is 1. The second-order valence-electron chi connectivity index (χ2n) is 4.01. The average molecular weight is 215 g/mol. The van der Waals surface area contributed by atoms with E-state index in [2.05, 4.69) is 13.8 Å². The Kier molecular flexibility index (Phi) is 5.05. The van der Waals surface area contributed by atoms with Crippen molar-refractivity contribution in [3.05, 3.63) is 0 Å². The van der Waals surface area contributed by atoms with Crippen molar-refractivity contribution in [1.82, 2.24) is 4.90 Å². The molecule has 0 aromatic carbocycles. The van der Waals surface area contributed by atoms with E-state index in [0.29, 0.717) is 13.2 Å². The monoisotopic (exact) mass is 215 g/mol. The van der Waals surface area contributed by atoms with Gasteiger partial charge in [0.05, 0.1) is 13.2 Å². The van der Waals surface area contributed by atoms with E-state index in [4.69, 9.17) is 4.74 Å². The number of hydrogen-bond acceptors (Lipinski definition) is 3. The maximum absolute atomic E-state index is 11.3. The lowest BCUT2D eigenvalue weighted by molar-refractivity contribution is -0.147. The first-order chi connectivity index (χ1) is 7.20. The fraction of sp³-hybridized carbons (Fsp3) is 0.909. The normalized spacial score (nSPS) is 20.5. The number of nitrogens with zero attached hydrogens (tertiary/aromatic N) is 1. The quantitative estimate of drug-likeness (QED) is 0.749. The summed E-state index contributed by atoms with van der Waals surface area (Å²) in [4.78, 5) is 13.3. The molecule has 1 atom stereocenters. The van der Waals surface area contributed by atoms with Gasteiger partial charge in [0.15, 0.2) is 0 Å². The number of ether oxygens (including phenoxy) is 1. The molecule has 0 radical (unpaired) electrons. The Hall–Kier alpha value is -0.610. The minimum Gasteiger partial charge on any atom is -0.480 e. The molecule has 1 heterocycles. The first-order valence-corrected chi connectivity index (χ1v) is 5.75. The molecule has 1 aliphatic rings. The van der Waals surface area contributed by atoms with Crippen LogP contribution >= 0.6 is 0 Å². The van der Waals surface area contributed by atoms with Gasteiger partial charge in [0.1, 0.15) is 6.04 Å². The maximum atomic E-state index is 11.3. The predicted molar refractivity (Wildman–Crippen MR) is 57.9 cm³/mol. The van der Waals surface area contributed by atoms with Crippen LogP contribution in [0.1, 0.15) is 26.7 Å². The third-order valence-corrected chi connectivity index (χ3v) is 3.19. The van der Waals surface area contributed by atoms with E-state index in [9.17, 15) is 9.90 Å². The van der Waals surface area contributed by atoms with E-state index >= 15 is 0 Å². The number of rotatable bonds is 5. The lowest BCUT2D eigenvalue weighted by atomic mass is 9.92. The summed E-state index contributed by atoms with van der Waals surface area (Å²) in [6.45, 7) is 6.92. The zero-order valence-corrected chi connectivity index (χ0v) is 9.61. The maximum Gasteiger partial charge on any atom is 0.321 e. The van der Waals surface area contributed by atoms with Gasteiger partial charge in [-0.1, -0.05) is 26.7 Å². The van der Waals surface area contributed by atoms with Gasteiger partial charge in [-0.25, -0.2) is 0 Å². The predicted octanol–water partition coefficient (Wildman–Crippen LogP) is 1.21. The number of carboxylic acid groups (broad SMARTS) is 1. The fourth-order valence-electron chi connectivity index (χ4n) is 2.25. The van der Waals surface area contributed by atoms with Gasteiger partial charge in [0.2, 0.25) is 0 Å². The lowest BCUT2D eigenvalue weighted by Crippen LogP contribution is -2.50. The van der Waals surface area contributed by atoms with E-state index in [1.165, 1.54) is 0 Å². The van der Waals surface area contributed by atoms with Crippen LogP contribution < -0.4 is 0 Å². The summed E-state index contributed by atoms with van der Waals surface area (Å²) >= 11 is 0. The molecule has 1 N–H and O–H groups in total. The van der Waals surface area contributed by atoms with Crippen molar-refractivity contribution in [2.45, 2.75) is 32.7 Å². The highest BCUT2D eigenvalue weighted by atomic mass is 16.5. The van der Waals surface area contributed by atoms with Crippen LogP contribution in [0.3, 0.4) is 0 Å². The molecule has 0 aliphatic carbocycles. The average Bonchev–Trinajstić information content (AvgIpc) is 2.26. The molecule has 1 fully saturated rings. The van der Waals surface area contributed by atoms with Gasteiger partial charge >= 0.3 is 5.97 Å². The first kappa shape index (κ1) is 12.5. The molecule has 0 aromatic heterocycles. The molecule has 1 aliphatic heterocycles. The molecular weight excluding hydrogens is 194 g/mol. The second kappa shape index (κ2) is 6.08. The molecule has 15 heavy (non-hydrogen) atoms. The molecule has 1 saturated heterocycles. The van der Waals surface area contributed by atoms with Crippen LogP contribution in [-0.4, -0.2) is 48.3 Å². The Bertz CT molecular complexity index is 198. The molecular formula is C11H21NO3. The molecule has 0 amide bonds. The second-order valence-corrected chi connectivity index (χ2v) is 4.01. The summed E-state index contributed by atoms with van der Waals surface area (Å²) in [5.41, 5.74) is 0. The molecule has 0 bridgehead atoms. The molecule has 0 unspecified atom stereocenters. The lowest BCUT2D eigenvalue weighted by Gasteiger charge is -2.35. The van der Waals surface area contributed by atoms with Crippen molar-refractivity contribution >= 4 is 5.97 Å². The van der Waals surface area contributed by atoms with E-state index < -0.39 is 5.97 Å². The summed E-state index contributed by atoms with van der Waals surface area (Å²) < 4.78 is 5.24. The van der Waals surface area contributed by atoms with Crippen molar-refractivity contribution in [2.75, 3.05) is 26.3 Å². The van der Waals surface area contributed by atoms with Crippen molar-refractivity contribution < 1.29 is 14.6 Å². The Morgan fingerprint density at radius 1 is 1.33 bits per heavy atom. The third-order valence-electron chi connectivity index (χ3n) is 3.19. The number of aliphatic carboxylic acids is 1. The third kappa shape index (κ3) is 3.18. The van der Waals surface area contributed by atoms with Crippen LogP contribution in [0.15, 0.2) is 0 Å². The molecule has 0 spiro atoms. The van der Waals surface area contributed by atoms with Gasteiger partial charge in [0, 0.05) is 13.1 Å². The summed E-state index contributed by atoms with van der Waals surface area (Å²) in [6, 6.07) is -0.330. The first-order valence-electron chi connectivity index (χ1n) is 5.75. The van der Waals surface area contributed by atoms with Gasteiger partial charge in [-0.3, -0.25) is 9.69 Å². The fourth-order valence-corrected chi connectivity index (χ4v) is 2.25. The Morgan fingerprint density at radius 3 is 2.27 bits per heavy atom. The molecule has 4 heteroatoms. The van der Waals surface area contributed by atoms with Crippen molar-refractivity contribution in [3.63, 3.8) is 0 Å². The van der Waals surface area contributed by atoms with Gasteiger partial charge in [0.25, 0.3) is 0 Å². The number of morpholine rings is 1. The minimum absolute atomic E-state index is 0.251. The highest BCUT2D eigenvalue weighted by Gasteiger charge is 2.32. The van der Waals surface area contributed by atoms with Crippen LogP contribution in [0, 0.1) is 5.92 Å². The highest BCUT2D eigenvalue weighted by molar-refractivity contribution is 5.73. The highest BCUT2D eigenvalue weighted by Crippen LogP contribution is 2.20. The van der Waals surface area contributed by atoms with Crippen LogP contribution in [-0.2, 0) is 9.53 Å². The molecule has 4 nitrogen and oxygen atoms in total. The molecule has 0 saturated carbocycles.